The van der Waals surface area contributed by atoms with Crippen LogP contribution >= 0.6 is 34.2 Å². The smallest absolute Gasteiger partial charge is 0.256 e. The third-order valence-electron chi connectivity index (χ3n) is 2.52. The summed E-state index contributed by atoms with van der Waals surface area (Å²) >= 11 is 7.87. The maximum atomic E-state index is 13.0. The number of benzene rings is 2. The zero-order valence-electron chi connectivity index (χ0n) is 9.95. The van der Waals surface area contributed by atoms with Gasteiger partial charge in [-0.25, -0.2) is 4.39 Å². The van der Waals surface area contributed by atoms with Crippen LogP contribution in [0.15, 0.2) is 36.4 Å². The molecule has 0 saturated carbocycles. The Morgan fingerprint density at radius 1 is 1.30 bits per heavy atom. The van der Waals surface area contributed by atoms with Gasteiger partial charge in [0.25, 0.3) is 5.91 Å². The van der Waals surface area contributed by atoms with Gasteiger partial charge in [-0.1, -0.05) is 11.6 Å². The molecule has 0 saturated heterocycles. The minimum absolute atomic E-state index is 0.0652. The molecule has 0 unspecified atom stereocenters. The van der Waals surface area contributed by atoms with Crippen LogP contribution in [0, 0.1) is 20.7 Å². The van der Waals surface area contributed by atoms with Crippen molar-refractivity contribution in [2.24, 2.45) is 0 Å². The van der Waals surface area contributed by atoms with Gasteiger partial charge in [-0.3, -0.25) is 4.79 Å². The lowest BCUT2D eigenvalue weighted by Gasteiger charge is -2.08. The number of nitrogens with one attached hydrogen (secondary N) is 1. The number of anilines is 1. The van der Waals surface area contributed by atoms with Gasteiger partial charge in [0.15, 0.2) is 0 Å². The molecule has 3 nitrogen and oxygen atoms in total. The number of hydrogen-bond acceptors (Lipinski definition) is 2. The Morgan fingerprint density at radius 3 is 2.75 bits per heavy atom. The molecule has 0 atom stereocenters. The van der Waals surface area contributed by atoms with E-state index < -0.39 is 11.7 Å². The SMILES string of the molecule is N#Cc1cc(F)ccc1NC(=O)c1cc(Cl)ccc1I. The van der Waals surface area contributed by atoms with Crippen LogP contribution in [-0.4, -0.2) is 5.91 Å². The van der Waals surface area contributed by atoms with Crippen LogP contribution in [-0.2, 0) is 0 Å². The molecule has 1 amide bonds. The standard InChI is InChI=1S/C14H7ClFIN2O/c15-9-1-3-12(17)11(6-9)14(20)19-13-4-2-10(16)5-8(13)7-18/h1-6H,(H,19,20). The summed E-state index contributed by atoms with van der Waals surface area (Å²) in [6.45, 7) is 0. The van der Waals surface area contributed by atoms with Gasteiger partial charge >= 0.3 is 0 Å². The quantitative estimate of drug-likeness (QED) is 0.768. The molecular weight excluding hydrogens is 394 g/mol. The van der Waals surface area contributed by atoms with Crippen molar-refractivity contribution >= 4 is 45.8 Å². The molecule has 0 aliphatic heterocycles. The lowest BCUT2D eigenvalue weighted by Crippen LogP contribution is -2.14. The fraction of sp³-hybridized carbons (Fsp3) is 0. The highest BCUT2D eigenvalue weighted by molar-refractivity contribution is 14.1. The van der Waals surface area contributed by atoms with E-state index in [9.17, 15) is 9.18 Å². The Morgan fingerprint density at radius 2 is 2.05 bits per heavy atom. The summed E-state index contributed by atoms with van der Waals surface area (Å²) in [6.07, 6.45) is 0. The molecule has 100 valence electrons. The monoisotopic (exact) mass is 400 g/mol. The predicted molar refractivity (Wildman–Crippen MR) is 83.2 cm³/mol. The molecule has 2 rings (SSSR count). The first-order chi connectivity index (χ1) is 9.51. The van der Waals surface area contributed by atoms with Crippen molar-refractivity contribution in [2.45, 2.75) is 0 Å². The average Bonchev–Trinajstić information content (AvgIpc) is 2.43. The number of carbonyl (C=O) groups excluding carboxylic acids is 1. The minimum Gasteiger partial charge on any atom is -0.321 e. The van der Waals surface area contributed by atoms with Gasteiger partial charge in [0, 0.05) is 8.59 Å². The summed E-state index contributed by atoms with van der Waals surface area (Å²) in [5.41, 5.74) is 0.719. The van der Waals surface area contributed by atoms with Crippen molar-refractivity contribution in [2.75, 3.05) is 5.32 Å². The van der Waals surface area contributed by atoms with E-state index in [0.717, 1.165) is 9.64 Å². The zero-order chi connectivity index (χ0) is 14.7. The van der Waals surface area contributed by atoms with Gasteiger partial charge in [0.1, 0.15) is 11.9 Å². The second-order valence-corrected chi connectivity index (χ2v) is 5.48. The second-order valence-electron chi connectivity index (χ2n) is 3.88. The number of nitrogens with zero attached hydrogens (tertiary/aromatic N) is 1. The van der Waals surface area contributed by atoms with Crippen molar-refractivity contribution in [3.05, 3.63) is 61.9 Å². The molecule has 20 heavy (non-hydrogen) atoms. The van der Waals surface area contributed by atoms with Crippen LogP contribution < -0.4 is 5.32 Å². The molecule has 2 aromatic carbocycles. The fourth-order valence-electron chi connectivity index (χ4n) is 1.58. The van der Waals surface area contributed by atoms with E-state index in [1.54, 1.807) is 12.1 Å². The normalized spacial score (nSPS) is 9.90. The number of nitriles is 1. The number of carbonyl (C=O) groups is 1. The number of hydrogen-bond donors (Lipinski definition) is 1. The summed E-state index contributed by atoms with van der Waals surface area (Å²) in [5, 5.41) is 12.0. The van der Waals surface area contributed by atoms with E-state index in [4.69, 9.17) is 16.9 Å². The molecule has 0 bridgehead atoms. The first-order valence-corrected chi connectivity index (χ1v) is 6.93. The van der Waals surface area contributed by atoms with Crippen LogP contribution in [0.2, 0.25) is 5.02 Å². The van der Waals surface area contributed by atoms with E-state index in [2.05, 4.69) is 5.32 Å². The number of rotatable bonds is 2. The largest absolute Gasteiger partial charge is 0.321 e. The third-order valence-corrected chi connectivity index (χ3v) is 3.70. The van der Waals surface area contributed by atoms with E-state index in [-0.39, 0.29) is 11.3 Å². The van der Waals surface area contributed by atoms with Crippen LogP contribution in [0.1, 0.15) is 15.9 Å². The molecule has 0 heterocycles. The fourth-order valence-corrected chi connectivity index (χ4v) is 2.33. The highest BCUT2D eigenvalue weighted by Crippen LogP contribution is 2.21. The summed E-state index contributed by atoms with van der Waals surface area (Å²) in [4.78, 5) is 12.2. The first-order valence-electron chi connectivity index (χ1n) is 5.47. The summed E-state index contributed by atoms with van der Waals surface area (Å²) in [7, 11) is 0. The first kappa shape index (κ1) is 14.8. The minimum atomic E-state index is -0.531. The second kappa shape index (κ2) is 6.20. The Hall–Kier alpha value is -1.65. The number of halogens is 3. The zero-order valence-corrected chi connectivity index (χ0v) is 12.9. The van der Waals surface area contributed by atoms with Crippen molar-refractivity contribution in [1.82, 2.24) is 0 Å². The molecule has 0 spiro atoms. The Balaban J connectivity index is 2.33. The van der Waals surface area contributed by atoms with E-state index in [0.29, 0.717) is 10.6 Å². The molecule has 0 aromatic heterocycles. The topological polar surface area (TPSA) is 52.9 Å². The van der Waals surface area contributed by atoms with E-state index >= 15 is 0 Å². The van der Waals surface area contributed by atoms with Crippen LogP contribution in [0.4, 0.5) is 10.1 Å². The Labute approximate surface area is 133 Å². The lowest BCUT2D eigenvalue weighted by molar-refractivity contribution is 0.102. The molecule has 0 aliphatic rings. The van der Waals surface area contributed by atoms with Crippen molar-refractivity contribution < 1.29 is 9.18 Å². The van der Waals surface area contributed by atoms with Gasteiger partial charge in [0.2, 0.25) is 0 Å². The van der Waals surface area contributed by atoms with Crippen molar-refractivity contribution in [3.8, 4) is 6.07 Å². The molecule has 2 aromatic rings. The molecule has 1 N–H and O–H groups in total. The van der Waals surface area contributed by atoms with Crippen molar-refractivity contribution in [3.63, 3.8) is 0 Å². The maximum absolute atomic E-state index is 13.0. The van der Waals surface area contributed by atoms with Crippen LogP contribution in [0.3, 0.4) is 0 Å². The van der Waals surface area contributed by atoms with Crippen molar-refractivity contribution in [1.29, 1.82) is 5.26 Å². The highest BCUT2D eigenvalue weighted by atomic mass is 127. The average molecular weight is 401 g/mol. The lowest BCUT2D eigenvalue weighted by atomic mass is 10.1. The van der Waals surface area contributed by atoms with Crippen LogP contribution in [0.25, 0.3) is 0 Å². The van der Waals surface area contributed by atoms with Crippen LogP contribution in [0.5, 0.6) is 0 Å². The van der Waals surface area contributed by atoms with Gasteiger partial charge in [0.05, 0.1) is 16.8 Å². The summed E-state index contributed by atoms with van der Waals surface area (Å²) < 4.78 is 13.8. The Bertz CT molecular complexity index is 728. The van der Waals surface area contributed by atoms with Gasteiger partial charge in [-0.15, -0.1) is 0 Å². The molecule has 0 radical (unpaired) electrons. The molecule has 6 heteroatoms. The molecular formula is C14H7ClFIN2O. The predicted octanol–water partition coefficient (Wildman–Crippen LogP) is 4.21. The maximum Gasteiger partial charge on any atom is 0.256 e. The van der Waals surface area contributed by atoms with Gasteiger partial charge in [-0.2, -0.15) is 5.26 Å². The van der Waals surface area contributed by atoms with Gasteiger partial charge < -0.3 is 5.32 Å². The summed E-state index contributed by atoms with van der Waals surface area (Å²) in [6, 6.07) is 10.4. The van der Waals surface area contributed by atoms with E-state index in [1.807, 2.05) is 28.7 Å². The molecule has 0 fully saturated rings. The summed E-state index contributed by atoms with van der Waals surface area (Å²) in [5.74, 6) is -0.933. The van der Waals surface area contributed by atoms with Gasteiger partial charge in [-0.05, 0) is 59.0 Å². The van der Waals surface area contributed by atoms with E-state index in [1.165, 1.54) is 18.2 Å². The highest BCUT2D eigenvalue weighted by Gasteiger charge is 2.13. The molecule has 0 aliphatic carbocycles. The number of amides is 1. The Kier molecular flexibility index (Phi) is 4.57. The third kappa shape index (κ3) is 3.26.